The second-order valence-electron chi connectivity index (χ2n) is 11.9. The van der Waals surface area contributed by atoms with E-state index in [0.717, 1.165) is 0 Å². The Balaban J connectivity index is 0.000000426. The predicted molar refractivity (Wildman–Crippen MR) is 203 cm³/mol. The quantitative estimate of drug-likeness (QED) is 0.0185. The summed E-state index contributed by atoms with van der Waals surface area (Å²) >= 11 is 6.51. The molecule has 2 heterocycles. The van der Waals surface area contributed by atoms with Crippen LogP contribution in [0.4, 0.5) is 5.95 Å². The highest BCUT2D eigenvalue weighted by molar-refractivity contribution is 7.90. The first-order valence-electron chi connectivity index (χ1n) is 16.0. The Bertz CT molecular complexity index is 1620. The summed E-state index contributed by atoms with van der Waals surface area (Å²) in [6, 6.07) is 8.94. The number of para-hydroxylation sites is 1. The average Bonchev–Trinajstić information content (AvgIpc) is 3.41. The van der Waals surface area contributed by atoms with E-state index in [1.807, 2.05) is 45.9 Å². The molecule has 2 aromatic heterocycles. The summed E-state index contributed by atoms with van der Waals surface area (Å²) in [5, 5.41) is 0.151. The maximum atomic E-state index is 12.4. The van der Waals surface area contributed by atoms with Gasteiger partial charge in [-0.05, 0) is 80.0 Å². The van der Waals surface area contributed by atoms with Crippen LogP contribution in [-0.2, 0) is 51.6 Å². The Hall–Kier alpha value is -2.05. The molecule has 0 unspecified atom stereocenters. The van der Waals surface area contributed by atoms with Crippen LogP contribution in [0.5, 0.6) is 5.75 Å². The van der Waals surface area contributed by atoms with Crippen LogP contribution in [0.25, 0.3) is 11.2 Å². The average molecular weight is 849 g/mol. The normalized spacial score (nSPS) is 12.5. The maximum absolute atomic E-state index is 12.4. The molecule has 1 atom stereocenters. The van der Waals surface area contributed by atoms with Crippen LogP contribution in [-0.4, -0.2) is 72.5 Å². The van der Waals surface area contributed by atoms with Crippen LogP contribution >= 0.6 is 47.4 Å². The third-order valence-corrected chi connectivity index (χ3v) is 9.76. The van der Waals surface area contributed by atoms with E-state index in [1.165, 1.54) is 6.33 Å². The summed E-state index contributed by atoms with van der Waals surface area (Å²) in [6.07, 6.45) is -0.491. The number of nitrogen functional groups attached to an aromatic ring is 1. The highest BCUT2D eigenvalue weighted by Gasteiger charge is 2.29. The van der Waals surface area contributed by atoms with Crippen molar-refractivity contribution in [2.24, 2.45) is 0 Å². The minimum absolute atomic E-state index is 0.0238. The number of hydrogen-bond donors (Lipinski definition) is 3. The second-order valence-corrected chi connectivity index (χ2v) is 17.1. The fourth-order valence-electron chi connectivity index (χ4n) is 3.45. The van der Waals surface area contributed by atoms with Crippen molar-refractivity contribution in [3.05, 3.63) is 54.0 Å². The first kappa shape index (κ1) is 49.0. The zero-order valence-electron chi connectivity index (χ0n) is 31.1. The van der Waals surface area contributed by atoms with Crippen LogP contribution in [0.1, 0.15) is 62.3 Å². The first-order valence-corrected chi connectivity index (χ1v) is 21.7. The molecule has 0 radical (unpaired) electrons. The highest BCUT2D eigenvalue weighted by Crippen LogP contribution is 2.51. The molecule has 0 aliphatic heterocycles. The van der Waals surface area contributed by atoms with Crippen molar-refractivity contribution >= 4 is 64.5 Å². The molecule has 300 valence electrons. The van der Waals surface area contributed by atoms with Crippen molar-refractivity contribution in [1.29, 1.82) is 0 Å². The molecule has 0 aliphatic rings. The van der Waals surface area contributed by atoms with Gasteiger partial charge >= 0.3 is 23.4 Å². The summed E-state index contributed by atoms with van der Waals surface area (Å²) in [5.74, 6) is 0.560. The van der Waals surface area contributed by atoms with Gasteiger partial charge in [0, 0.05) is 11.1 Å². The minimum Gasteiger partial charge on any atom is -0.368 e. The SMILES string of the molecule is C=C(Cn1cnc2c(Cl)nc(N)nc21)[C@H](C)OCP(=O)(O)O.CC(C)OP(=O)(COSOOc1ccccc1)OC(C)C.CC(C)O[P+](=O)OC(C)C. The number of anilines is 1. The summed E-state index contributed by atoms with van der Waals surface area (Å²) in [4.78, 5) is 34.5. The number of nitrogens with zero attached hydrogens (tertiary/aromatic N) is 4. The van der Waals surface area contributed by atoms with E-state index in [9.17, 15) is 13.7 Å². The molecule has 0 saturated carbocycles. The predicted octanol–water partition coefficient (Wildman–Crippen LogP) is 8.23. The number of imidazole rings is 1. The fraction of sp³-hybridized carbons (Fsp3) is 0.567. The van der Waals surface area contributed by atoms with Crippen LogP contribution in [0.2, 0.25) is 5.15 Å². The Labute approximate surface area is 320 Å². The van der Waals surface area contributed by atoms with Gasteiger partial charge in [-0.15, -0.1) is 9.05 Å². The minimum atomic E-state index is -4.22. The molecule has 23 heteroatoms. The van der Waals surface area contributed by atoms with Crippen molar-refractivity contribution in [3.63, 3.8) is 0 Å². The van der Waals surface area contributed by atoms with E-state index in [0.29, 0.717) is 34.8 Å². The number of benzene rings is 1. The number of hydrogen-bond acceptors (Lipinski definition) is 16. The van der Waals surface area contributed by atoms with Crippen molar-refractivity contribution in [1.82, 2.24) is 19.5 Å². The molecular formula is C30H50ClN5O13P3S+. The molecule has 0 spiro atoms. The van der Waals surface area contributed by atoms with Gasteiger partial charge in [-0.3, -0.25) is 13.3 Å². The van der Waals surface area contributed by atoms with E-state index < -0.39 is 35.9 Å². The Morgan fingerprint density at radius 2 is 1.51 bits per heavy atom. The van der Waals surface area contributed by atoms with E-state index in [-0.39, 0.29) is 48.4 Å². The fourth-order valence-corrected chi connectivity index (χ4v) is 7.11. The molecule has 1 aromatic carbocycles. The molecular weight excluding hydrogens is 799 g/mol. The lowest BCUT2D eigenvalue weighted by molar-refractivity contribution is -0.0862. The Kier molecular flexibility index (Phi) is 22.6. The number of aromatic nitrogens is 4. The molecule has 4 N–H and O–H groups in total. The first-order chi connectivity index (χ1) is 24.6. The molecule has 0 saturated heterocycles. The second kappa shape index (κ2) is 24.5. The molecule has 0 amide bonds. The molecule has 0 fully saturated rings. The number of fused-ring (bicyclic) bond motifs is 1. The lowest BCUT2D eigenvalue weighted by Crippen LogP contribution is -2.16. The molecule has 53 heavy (non-hydrogen) atoms. The highest BCUT2D eigenvalue weighted by atomic mass is 35.5. The molecule has 18 nitrogen and oxygen atoms in total. The lowest BCUT2D eigenvalue weighted by Gasteiger charge is -2.21. The van der Waals surface area contributed by atoms with Crippen molar-refractivity contribution in [3.8, 4) is 5.75 Å². The van der Waals surface area contributed by atoms with E-state index >= 15 is 0 Å². The topological polar surface area (TPSA) is 235 Å². The van der Waals surface area contributed by atoms with Gasteiger partial charge in [0.25, 0.3) is 0 Å². The maximum Gasteiger partial charge on any atom is 0.697 e. The van der Waals surface area contributed by atoms with Gasteiger partial charge in [0.2, 0.25) is 18.3 Å². The molecule has 3 aromatic rings. The number of rotatable bonds is 20. The monoisotopic (exact) mass is 848 g/mol. The van der Waals surface area contributed by atoms with Gasteiger partial charge in [-0.2, -0.15) is 9.97 Å². The van der Waals surface area contributed by atoms with E-state index in [2.05, 4.69) is 21.5 Å². The molecule has 3 rings (SSSR count). The summed E-state index contributed by atoms with van der Waals surface area (Å²) in [6.45, 7) is 20.1. The van der Waals surface area contributed by atoms with Crippen molar-refractivity contribution in [2.45, 2.75) is 99.4 Å². The van der Waals surface area contributed by atoms with Crippen molar-refractivity contribution < 1.29 is 59.7 Å². The van der Waals surface area contributed by atoms with Gasteiger partial charge in [-0.1, -0.05) is 40.7 Å². The standard InChI is InChI=1S/C13H21O6PS.C11H15ClN5O4P.C6H14O3P/c1-11(2)17-20(14,18-12(3)4)10-15-21-19-16-13-8-6-5-7-9-13;1-6(7(2)21-5-22(18,19)20)3-17-4-14-8-9(12)15-11(13)16-10(8)17;1-5(2)8-10(7)9-6(3)4/h5-9,11-12H,10H2,1-4H3;4,7H,1,3,5H2,2H3,(H2,13,15,16)(H2,18,19,20);5-6H,1-4H3/q;;+1/t;7-;/m.0./s1. The number of nitrogens with two attached hydrogens (primary N) is 1. The molecule has 0 bridgehead atoms. The molecule has 0 aliphatic carbocycles. The zero-order valence-corrected chi connectivity index (χ0v) is 35.3. The Morgan fingerprint density at radius 3 is 2.02 bits per heavy atom. The van der Waals surface area contributed by atoms with Gasteiger partial charge in [0.05, 0.1) is 24.6 Å². The van der Waals surface area contributed by atoms with Crippen LogP contribution in [0.3, 0.4) is 0 Å². The lowest BCUT2D eigenvalue weighted by atomic mass is 10.2. The van der Waals surface area contributed by atoms with Gasteiger partial charge in [0.1, 0.15) is 24.1 Å². The number of halogens is 1. The van der Waals surface area contributed by atoms with Gasteiger partial charge in [0.15, 0.2) is 22.9 Å². The smallest absolute Gasteiger partial charge is 0.368 e. The van der Waals surface area contributed by atoms with Crippen molar-refractivity contribution in [2.75, 3.05) is 18.4 Å². The van der Waals surface area contributed by atoms with E-state index in [4.69, 9.17) is 63.4 Å². The third-order valence-electron chi connectivity index (χ3n) is 5.38. The van der Waals surface area contributed by atoms with Gasteiger partial charge < -0.3 is 38.8 Å². The largest absolute Gasteiger partial charge is 0.697 e. The van der Waals surface area contributed by atoms with Crippen LogP contribution in [0.15, 0.2) is 48.8 Å². The zero-order chi connectivity index (χ0) is 40.4. The summed E-state index contributed by atoms with van der Waals surface area (Å²) in [5.41, 5.74) is 7.00. The number of ether oxygens (including phenoxy) is 1. The Morgan fingerprint density at radius 1 is 0.943 bits per heavy atom. The summed E-state index contributed by atoms with van der Waals surface area (Å²) in [7, 11) is -9.45. The third kappa shape index (κ3) is 22.2. The van der Waals surface area contributed by atoms with Crippen LogP contribution in [0, 0.1) is 0 Å². The van der Waals surface area contributed by atoms with Crippen LogP contribution < -0.4 is 10.6 Å². The van der Waals surface area contributed by atoms with E-state index in [1.54, 1.807) is 51.3 Å². The summed E-state index contributed by atoms with van der Waals surface area (Å²) < 4.78 is 70.9. The van der Waals surface area contributed by atoms with Gasteiger partial charge in [-0.25, -0.2) is 4.98 Å².